The standard InChI is InChI=1S/C16H16N4/c1-12(2)20-11-18-9-15(20)10-19-6-5-14-7-13(8-17)3-4-16(14)19/h3-7,9,11-12H,10H2,1-2H3. The lowest BCUT2D eigenvalue weighted by Crippen LogP contribution is -2.08. The fraction of sp³-hybridized carbons (Fsp3) is 0.250. The SMILES string of the molecule is CC(C)n1cncc1Cn1ccc2cc(C#N)ccc21. The maximum Gasteiger partial charge on any atom is 0.0991 e. The molecule has 2 heterocycles. The zero-order valence-electron chi connectivity index (χ0n) is 11.6. The summed E-state index contributed by atoms with van der Waals surface area (Å²) in [6.45, 7) is 5.09. The Morgan fingerprint density at radius 3 is 2.90 bits per heavy atom. The van der Waals surface area contributed by atoms with Crippen molar-refractivity contribution < 1.29 is 0 Å². The van der Waals surface area contributed by atoms with E-state index in [-0.39, 0.29) is 0 Å². The van der Waals surface area contributed by atoms with Gasteiger partial charge >= 0.3 is 0 Å². The van der Waals surface area contributed by atoms with E-state index in [2.05, 4.69) is 40.2 Å². The molecule has 0 aliphatic rings. The maximum atomic E-state index is 8.94. The van der Waals surface area contributed by atoms with Crippen LogP contribution < -0.4 is 0 Å². The van der Waals surface area contributed by atoms with Gasteiger partial charge in [-0.2, -0.15) is 5.26 Å². The Bertz CT molecular complexity index is 786. The minimum absolute atomic E-state index is 0.402. The van der Waals surface area contributed by atoms with Crippen LogP contribution in [0.2, 0.25) is 0 Å². The van der Waals surface area contributed by atoms with Crippen LogP contribution in [0.1, 0.15) is 31.1 Å². The Labute approximate surface area is 117 Å². The van der Waals surface area contributed by atoms with Crippen LogP contribution in [0.4, 0.5) is 0 Å². The van der Waals surface area contributed by atoms with Crippen molar-refractivity contribution in [3.63, 3.8) is 0 Å². The molecule has 0 amide bonds. The predicted octanol–water partition coefficient (Wildman–Crippen LogP) is 3.34. The number of imidazole rings is 1. The first kappa shape index (κ1) is 12.5. The molecule has 2 aromatic heterocycles. The van der Waals surface area contributed by atoms with Crippen LogP contribution in [0.5, 0.6) is 0 Å². The highest BCUT2D eigenvalue weighted by molar-refractivity contribution is 5.81. The van der Waals surface area contributed by atoms with Crippen molar-refractivity contribution in [2.45, 2.75) is 26.4 Å². The van der Waals surface area contributed by atoms with Gasteiger partial charge in [-0.1, -0.05) is 0 Å². The van der Waals surface area contributed by atoms with Gasteiger partial charge in [0, 0.05) is 29.3 Å². The van der Waals surface area contributed by atoms with Crippen molar-refractivity contribution in [3.8, 4) is 6.07 Å². The minimum atomic E-state index is 0.402. The second-order valence-corrected chi connectivity index (χ2v) is 5.22. The molecule has 100 valence electrons. The molecule has 0 radical (unpaired) electrons. The van der Waals surface area contributed by atoms with Gasteiger partial charge in [0.1, 0.15) is 0 Å². The number of benzene rings is 1. The molecule has 3 rings (SSSR count). The molecule has 0 bridgehead atoms. The van der Waals surface area contributed by atoms with Gasteiger partial charge in [-0.25, -0.2) is 4.98 Å². The lowest BCUT2D eigenvalue weighted by atomic mass is 10.2. The number of hydrogen-bond donors (Lipinski definition) is 0. The summed E-state index contributed by atoms with van der Waals surface area (Å²) < 4.78 is 4.36. The van der Waals surface area contributed by atoms with E-state index in [9.17, 15) is 0 Å². The van der Waals surface area contributed by atoms with Crippen LogP contribution in [0.3, 0.4) is 0 Å². The van der Waals surface area contributed by atoms with Crippen LogP contribution >= 0.6 is 0 Å². The molecule has 0 saturated carbocycles. The molecule has 20 heavy (non-hydrogen) atoms. The summed E-state index contributed by atoms with van der Waals surface area (Å²) >= 11 is 0. The van der Waals surface area contributed by atoms with Gasteiger partial charge in [-0.15, -0.1) is 0 Å². The zero-order chi connectivity index (χ0) is 14.1. The van der Waals surface area contributed by atoms with E-state index >= 15 is 0 Å². The minimum Gasteiger partial charge on any atom is -0.341 e. The van der Waals surface area contributed by atoms with E-state index in [0.717, 1.165) is 17.4 Å². The van der Waals surface area contributed by atoms with E-state index in [0.29, 0.717) is 11.6 Å². The molecule has 1 aromatic carbocycles. The third-order valence-electron chi connectivity index (χ3n) is 3.54. The molecule has 0 spiro atoms. The quantitative estimate of drug-likeness (QED) is 0.728. The van der Waals surface area contributed by atoms with Gasteiger partial charge in [-0.05, 0) is 38.1 Å². The van der Waals surface area contributed by atoms with Crippen LogP contribution in [0.15, 0.2) is 43.0 Å². The van der Waals surface area contributed by atoms with Crippen molar-refractivity contribution in [1.82, 2.24) is 14.1 Å². The Balaban J connectivity index is 1.99. The van der Waals surface area contributed by atoms with Crippen LogP contribution in [-0.2, 0) is 6.54 Å². The van der Waals surface area contributed by atoms with Gasteiger partial charge in [0.2, 0.25) is 0 Å². The lowest BCUT2D eigenvalue weighted by molar-refractivity contribution is 0.564. The molecule has 0 fully saturated rings. The molecule has 0 unspecified atom stereocenters. The summed E-state index contributed by atoms with van der Waals surface area (Å²) in [6, 6.07) is 10.4. The smallest absolute Gasteiger partial charge is 0.0991 e. The summed E-state index contributed by atoms with van der Waals surface area (Å²) in [7, 11) is 0. The van der Waals surface area contributed by atoms with Gasteiger partial charge in [0.25, 0.3) is 0 Å². The third kappa shape index (κ3) is 2.08. The molecule has 0 aliphatic carbocycles. The molecule has 4 nitrogen and oxygen atoms in total. The van der Waals surface area contributed by atoms with Gasteiger partial charge < -0.3 is 9.13 Å². The summed E-state index contributed by atoms with van der Waals surface area (Å²) in [5.41, 5.74) is 3.02. The third-order valence-corrected chi connectivity index (χ3v) is 3.54. The highest BCUT2D eigenvalue weighted by Crippen LogP contribution is 2.19. The number of hydrogen-bond acceptors (Lipinski definition) is 2. The normalized spacial score (nSPS) is 11.1. The van der Waals surface area contributed by atoms with Crippen LogP contribution in [0, 0.1) is 11.3 Å². The first-order valence-corrected chi connectivity index (χ1v) is 6.69. The Morgan fingerprint density at radius 2 is 2.15 bits per heavy atom. The summed E-state index contributed by atoms with van der Waals surface area (Å²) in [5.74, 6) is 0. The van der Waals surface area contributed by atoms with Gasteiger partial charge in [0.05, 0.1) is 30.2 Å². The Kier molecular flexibility index (Phi) is 3.03. The molecular formula is C16H16N4. The summed E-state index contributed by atoms with van der Waals surface area (Å²) in [4.78, 5) is 4.24. The largest absolute Gasteiger partial charge is 0.341 e. The van der Waals surface area contributed by atoms with Crippen LogP contribution in [-0.4, -0.2) is 14.1 Å². The number of fused-ring (bicyclic) bond motifs is 1. The first-order valence-electron chi connectivity index (χ1n) is 6.69. The first-order chi connectivity index (χ1) is 9.69. The monoisotopic (exact) mass is 264 g/mol. The number of aromatic nitrogens is 3. The Hall–Kier alpha value is -2.54. The highest BCUT2D eigenvalue weighted by atomic mass is 15.1. The van der Waals surface area contributed by atoms with E-state index in [1.165, 1.54) is 5.69 Å². The second-order valence-electron chi connectivity index (χ2n) is 5.22. The topological polar surface area (TPSA) is 46.5 Å². The lowest BCUT2D eigenvalue weighted by Gasteiger charge is -2.12. The van der Waals surface area contributed by atoms with E-state index in [1.54, 1.807) is 0 Å². The van der Waals surface area contributed by atoms with Crippen molar-refractivity contribution in [2.24, 2.45) is 0 Å². The molecular weight excluding hydrogens is 248 g/mol. The van der Waals surface area contributed by atoms with Crippen LogP contribution in [0.25, 0.3) is 10.9 Å². The molecule has 0 N–H and O–H groups in total. The van der Waals surface area contributed by atoms with E-state index in [1.807, 2.05) is 36.8 Å². The molecule has 3 aromatic rings. The van der Waals surface area contributed by atoms with Crippen molar-refractivity contribution in [3.05, 3.63) is 54.2 Å². The number of nitrogens with zero attached hydrogens (tertiary/aromatic N) is 4. The summed E-state index contributed by atoms with van der Waals surface area (Å²) in [5, 5.41) is 10.0. The average molecular weight is 264 g/mol. The van der Waals surface area contributed by atoms with Gasteiger partial charge in [-0.3, -0.25) is 0 Å². The van der Waals surface area contributed by atoms with Gasteiger partial charge in [0.15, 0.2) is 0 Å². The molecule has 0 saturated heterocycles. The maximum absolute atomic E-state index is 8.94. The summed E-state index contributed by atoms with van der Waals surface area (Å²) in [6.07, 6.45) is 5.85. The van der Waals surface area contributed by atoms with E-state index in [4.69, 9.17) is 5.26 Å². The van der Waals surface area contributed by atoms with Crippen molar-refractivity contribution >= 4 is 10.9 Å². The molecule has 0 atom stereocenters. The van der Waals surface area contributed by atoms with Crippen molar-refractivity contribution in [2.75, 3.05) is 0 Å². The van der Waals surface area contributed by atoms with Crippen molar-refractivity contribution in [1.29, 1.82) is 5.26 Å². The predicted molar refractivity (Wildman–Crippen MR) is 78.4 cm³/mol. The number of nitriles is 1. The molecule has 0 aliphatic heterocycles. The Morgan fingerprint density at radius 1 is 1.30 bits per heavy atom. The van der Waals surface area contributed by atoms with E-state index < -0.39 is 0 Å². The fourth-order valence-electron chi connectivity index (χ4n) is 2.50. The highest BCUT2D eigenvalue weighted by Gasteiger charge is 2.08. The molecule has 4 heteroatoms. The average Bonchev–Trinajstić information content (AvgIpc) is 3.06. The zero-order valence-corrected chi connectivity index (χ0v) is 11.6. The number of rotatable bonds is 3. The second kappa shape index (κ2) is 4.86. The fourth-order valence-corrected chi connectivity index (χ4v) is 2.50.